The first kappa shape index (κ1) is 83.0. The van der Waals surface area contributed by atoms with E-state index in [1.165, 1.54) is 72.8 Å². The van der Waals surface area contributed by atoms with Crippen LogP contribution in [0.15, 0.2) is 146 Å². The van der Waals surface area contributed by atoms with E-state index >= 15 is 0 Å². The van der Waals surface area contributed by atoms with E-state index in [0.717, 1.165) is 72.8 Å². The predicted molar refractivity (Wildman–Crippen MR) is 274 cm³/mol. The Morgan fingerprint density at radius 2 is 0.379 bits per heavy atom. The largest absolute Gasteiger partial charge is 2.00 e. The first-order valence-electron chi connectivity index (χ1n) is 20.3. The molecular weight excluding hydrogens is 1410 g/mol. The van der Waals surface area contributed by atoms with Gasteiger partial charge in [0.1, 0.15) is 22.3 Å². The summed E-state index contributed by atoms with van der Waals surface area (Å²) in [5, 5.41) is 55.3. The van der Waals surface area contributed by atoms with Crippen LogP contribution in [0, 0.1) is 0 Å². The normalized spacial score (nSPS) is 10.6. The van der Waals surface area contributed by atoms with Crippen molar-refractivity contribution in [1.29, 1.82) is 0 Å². The number of carboxylic acid groups (broad SMARTS) is 6. The zero-order valence-electron chi connectivity index (χ0n) is 42.5. The predicted octanol–water partition coefficient (Wildman–Crippen LogP) is 0.343. The summed E-state index contributed by atoms with van der Waals surface area (Å²) in [7, 11) is -28.2. The third-order valence-corrected chi connectivity index (χ3v) is 10.2. The van der Waals surface area contributed by atoms with Gasteiger partial charge in [-0.25, -0.2) is 19.2 Å². The number of rotatable bonds is 18. The summed E-state index contributed by atoms with van der Waals surface area (Å²) in [6.07, 6.45) is 0. The van der Waals surface area contributed by atoms with Gasteiger partial charge in [-0.1, -0.05) is 72.8 Å². The topological polar surface area (TPSA) is 611 Å². The van der Waals surface area contributed by atoms with Crippen molar-refractivity contribution >= 4 is 108 Å². The fourth-order valence-electron chi connectivity index (χ4n) is 4.96. The fourth-order valence-corrected chi connectivity index (χ4v) is 7.19. The number of para-hydroxylation sites is 6. The monoisotopic (exact) mass is 1440 g/mol. The molecule has 6 aromatic rings. The molecule has 0 radical (unpaired) electrons. The molecule has 0 spiro atoms. The van der Waals surface area contributed by atoms with Crippen LogP contribution in [0.5, 0.6) is 34.5 Å². The molecule has 87 heavy (non-hydrogen) atoms. The molecule has 10 N–H and O–H groups in total. The van der Waals surface area contributed by atoms with Crippen LogP contribution in [0.1, 0.15) is 62.1 Å². The minimum absolute atomic E-state index is 0. The summed E-state index contributed by atoms with van der Waals surface area (Å²) < 4.78 is 198. The Hall–Kier alpha value is -8.18. The second kappa shape index (κ2) is 36.7. The van der Waals surface area contributed by atoms with Gasteiger partial charge in [0, 0.05) is 50.1 Å². The number of hydrogen-bond donors (Lipinski definition) is 10. The Labute approximate surface area is 519 Å². The number of benzene rings is 6. The Balaban J connectivity index is -0.000000967. The second-order valence-electron chi connectivity index (χ2n) is 13.8. The Bertz CT molecular complexity index is 3390. The molecule has 6 rings (SSSR count). The van der Waals surface area contributed by atoms with Crippen LogP contribution in [-0.4, -0.2) is 144 Å². The molecule has 36 nitrogen and oxygen atoms in total. The maximum Gasteiger partial charge on any atom is 2.00 e. The number of hydrogen-bond acceptors (Lipinski definition) is 26. The zero-order chi connectivity index (χ0) is 64.6. The van der Waals surface area contributed by atoms with E-state index in [2.05, 4.69) is 25.1 Å². The van der Waals surface area contributed by atoms with E-state index in [0.29, 0.717) is 0 Å². The van der Waals surface area contributed by atoms with Gasteiger partial charge in [0.25, 0.3) is 0 Å². The van der Waals surface area contributed by atoms with Crippen LogP contribution in [0.3, 0.4) is 0 Å². The van der Waals surface area contributed by atoms with Crippen molar-refractivity contribution in [1.82, 2.24) is 0 Å². The minimum atomic E-state index is -4.72. The quantitative estimate of drug-likeness (QED) is 0.0410. The number of carboxylic acids is 6. The van der Waals surface area contributed by atoms with Crippen molar-refractivity contribution < 1.29 is 201 Å². The average Bonchev–Trinajstić information content (AvgIpc) is 2.90. The summed E-state index contributed by atoms with van der Waals surface area (Å²) in [4.78, 5) is 63.1. The van der Waals surface area contributed by atoms with Crippen LogP contribution in [-0.2, 0) is 101 Å². The summed E-state index contributed by atoms with van der Waals surface area (Å²) in [5.41, 5.74) is -2.28. The molecule has 45 heteroatoms. The maximum atomic E-state index is 10.6. The molecule has 0 aliphatic carbocycles. The first-order chi connectivity index (χ1) is 38.4. The van der Waals surface area contributed by atoms with E-state index in [-0.39, 0.29) is 71.3 Å². The Kier molecular flexibility index (Phi) is 35.0. The maximum absolute atomic E-state index is 10.6. The van der Waals surface area contributed by atoms with Gasteiger partial charge in [-0.3, -0.25) is 27.3 Å². The Morgan fingerprint density at radius 3 is 0.494 bits per heavy atom. The molecule has 6 aromatic carbocycles. The molecular formula is C42H34BeO36S6Zn2. The van der Waals surface area contributed by atoms with Gasteiger partial charge in [-0.2, -0.15) is 50.5 Å². The van der Waals surface area contributed by atoms with Gasteiger partial charge in [0.15, 0.2) is 34.5 Å². The molecule has 0 bridgehead atoms. The van der Waals surface area contributed by atoms with Gasteiger partial charge >= 0.3 is 96.4 Å². The number of carbonyl (C=O) groups is 6. The molecule has 0 fully saturated rings. The molecule has 0 heterocycles. The van der Waals surface area contributed by atoms with Crippen molar-refractivity contribution in [2.75, 3.05) is 0 Å². The van der Waals surface area contributed by atoms with Crippen molar-refractivity contribution in [3.8, 4) is 34.5 Å². The molecule has 0 saturated carbocycles. The van der Waals surface area contributed by atoms with Gasteiger partial charge < -0.3 is 65.3 Å². The number of carbonyl (C=O) groups excluding carboxylic acids is 2. The van der Waals surface area contributed by atoms with Gasteiger partial charge in [0.2, 0.25) is 0 Å². The van der Waals surface area contributed by atoms with Crippen LogP contribution < -0.4 is 35.3 Å². The molecule has 0 unspecified atom stereocenters. The van der Waals surface area contributed by atoms with Crippen molar-refractivity contribution in [3.05, 3.63) is 179 Å². The standard InChI is InChI=1S/6C7H6O6S.Be.2Zn/c6*8-7(9)5-3-1-2-4-6(5)13-14(10,11)12;;;/h6*1-4H,(H,8,9)(H,10,11,12);;;/q;;;;;;+2;;/p-2. The smallest absolute Gasteiger partial charge is 0.545 e. The molecule has 0 saturated heterocycles. The summed E-state index contributed by atoms with van der Waals surface area (Å²) in [6.45, 7) is 0. The van der Waals surface area contributed by atoms with Crippen LogP contribution >= 0.6 is 0 Å². The van der Waals surface area contributed by atoms with Crippen molar-refractivity contribution in [2.24, 2.45) is 0 Å². The second-order valence-corrected chi connectivity index (χ2v) is 20.0. The third-order valence-electron chi connectivity index (χ3n) is 7.85. The van der Waals surface area contributed by atoms with Crippen LogP contribution in [0.25, 0.3) is 0 Å². The van der Waals surface area contributed by atoms with Crippen LogP contribution in [0.2, 0.25) is 0 Å². The fraction of sp³-hybridized carbons (Fsp3) is 0. The van der Waals surface area contributed by atoms with E-state index in [1.54, 1.807) is 0 Å². The van der Waals surface area contributed by atoms with Crippen LogP contribution in [0.4, 0.5) is 0 Å². The van der Waals surface area contributed by atoms with E-state index in [4.69, 9.17) is 47.7 Å². The Morgan fingerprint density at radius 1 is 0.264 bits per heavy atom. The zero-order valence-corrected chi connectivity index (χ0v) is 53.3. The van der Waals surface area contributed by atoms with Crippen molar-refractivity contribution in [2.45, 2.75) is 0 Å². The molecule has 0 atom stereocenters. The van der Waals surface area contributed by atoms with Gasteiger partial charge in [-0.05, 0) is 72.8 Å². The van der Waals surface area contributed by atoms with Crippen molar-refractivity contribution in [3.63, 3.8) is 0 Å². The molecule has 0 aliphatic heterocycles. The summed E-state index contributed by atoms with van der Waals surface area (Å²) in [6, 6.07) is 30.0. The van der Waals surface area contributed by atoms with Gasteiger partial charge in [0.05, 0.1) is 11.9 Å². The molecule has 0 amide bonds. The van der Waals surface area contributed by atoms with E-state index in [9.17, 15) is 89.5 Å². The average molecular weight is 1450 g/mol. The summed E-state index contributed by atoms with van der Waals surface area (Å²) in [5.74, 6) is -11.3. The third kappa shape index (κ3) is 35.8. The molecule has 460 valence electrons. The van der Waals surface area contributed by atoms with E-state index in [1.807, 2.05) is 0 Å². The first-order valence-corrected chi connectivity index (χ1v) is 28.5. The minimum Gasteiger partial charge on any atom is -0.545 e. The summed E-state index contributed by atoms with van der Waals surface area (Å²) >= 11 is 0. The SMILES string of the molecule is O=C(O)c1ccccc1OS(=O)(=O)O.O=C(O)c1ccccc1OS(=O)(=O)O.O=C(O)c1ccccc1OS(=O)(=O)O.O=C(O)c1ccccc1OS(=O)(=O)O.O=C([O-])c1ccccc1OS(=O)(=O)O.O=C([O-])c1ccccc1OS(=O)(=O)O.[Be+2].[Zn].[Zn]. The molecule has 0 aliphatic rings. The van der Waals surface area contributed by atoms with Gasteiger partial charge in [-0.15, -0.1) is 0 Å². The van der Waals surface area contributed by atoms with E-state index < -0.39 is 144 Å². The number of aromatic carboxylic acids is 6. The molecule has 0 aromatic heterocycles.